The van der Waals surface area contributed by atoms with Gasteiger partial charge in [-0.2, -0.15) is 0 Å². The van der Waals surface area contributed by atoms with Crippen molar-refractivity contribution in [2.45, 2.75) is 44.6 Å². The van der Waals surface area contributed by atoms with Gasteiger partial charge in [-0.1, -0.05) is 31.4 Å². The van der Waals surface area contributed by atoms with Gasteiger partial charge in [0.05, 0.1) is 21.6 Å². The van der Waals surface area contributed by atoms with E-state index in [1.807, 2.05) is 42.5 Å². The normalized spacial score (nSPS) is 17.4. The molecule has 192 valence electrons. The smallest absolute Gasteiger partial charge is 0.326 e. The van der Waals surface area contributed by atoms with Gasteiger partial charge in [-0.25, -0.2) is 9.78 Å². The number of rotatable bonds is 7. The summed E-state index contributed by atoms with van der Waals surface area (Å²) in [4.78, 5) is 38.2. The Morgan fingerprint density at radius 2 is 1.82 bits per heavy atom. The van der Waals surface area contributed by atoms with Crippen molar-refractivity contribution in [3.05, 3.63) is 83.0 Å². The van der Waals surface area contributed by atoms with E-state index in [1.165, 1.54) is 0 Å². The Balaban J connectivity index is 1.28. The number of carbonyl (C=O) groups is 2. The number of aromatic nitrogens is 4. The standard InChI is InChI=1S/C29H26BrN5O3/c30-24-25(29(26(24)36)11-2-1-3-12-29)33-21(28(37)38)15-18-6-8-20(9-7-18)35-23-10-14-32-17-22(23)34-27(35)19-5-4-13-31-16-19/h4-10,13-14,16-17,21,33H,1-3,11-12,15H2,(H,37,38)/t21-/m0/s1. The molecule has 2 aliphatic carbocycles. The van der Waals surface area contributed by atoms with Gasteiger partial charge < -0.3 is 10.4 Å². The first-order chi connectivity index (χ1) is 18.5. The number of hydrogen-bond acceptors (Lipinski definition) is 6. The number of carboxylic acid groups (broad SMARTS) is 1. The Bertz CT molecular complexity index is 1560. The van der Waals surface area contributed by atoms with Crippen molar-refractivity contribution >= 4 is 38.7 Å². The Kier molecular flexibility index (Phi) is 6.31. The third-order valence-electron chi connectivity index (χ3n) is 7.67. The van der Waals surface area contributed by atoms with E-state index >= 15 is 0 Å². The molecule has 6 rings (SSSR count). The molecule has 1 atom stereocenters. The van der Waals surface area contributed by atoms with Crippen LogP contribution < -0.4 is 5.32 Å². The lowest BCUT2D eigenvalue weighted by molar-refractivity contribution is -0.140. The second-order valence-electron chi connectivity index (χ2n) is 9.94. The van der Waals surface area contributed by atoms with E-state index in [2.05, 4.69) is 35.8 Å². The zero-order valence-electron chi connectivity index (χ0n) is 20.6. The number of nitrogens with one attached hydrogen (secondary N) is 1. The summed E-state index contributed by atoms with van der Waals surface area (Å²) in [5.74, 6) is -0.0947. The number of Topliss-reactive ketones (excluding diaryl/α,β-unsaturated/α-hetero) is 1. The van der Waals surface area contributed by atoms with E-state index in [1.54, 1.807) is 24.8 Å². The molecule has 3 aromatic heterocycles. The molecular weight excluding hydrogens is 546 g/mol. The van der Waals surface area contributed by atoms with Gasteiger partial charge in [0.25, 0.3) is 0 Å². The van der Waals surface area contributed by atoms with Crippen LogP contribution in [0.3, 0.4) is 0 Å². The largest absolute Gasteiger partial charge is 0.480 e. The molecule has 0 saturated heterocycles. The molecule has 38 heavy (non-hydrogen) atoms. The minimum Gasteiger partial charge on any atom is -0.480 e. The highest BCUT2D eigenvalue weighted by Crippen LogP contribution is 2.53. The molecule has 2 aliphatic rings. The predicted molar refractivity (Wildman–Crippen MR) is 147 cm³/mol. The van der Waals surface area contributed by atoms with E-state index in [9.17, 15) is 14.7 Å². The van der Waals surface area contributed by atoms with Gasteiger partial charge in [-0.05, 0) is 64.7 Å². The summed E-state index contributed by atoms with van der Waals surface area (Å²) in [6.07, 6.45) is 11.9. The minimum atomic E-state index is -0.945. The molecule has 0 radical (unpaired) electrons. The number of ketones is 1. The third-order valence-corrected chi connectivity index (χ3v) is 8.42. The van der Waals surface area contributed by atoms with E-state index in [0.717, 1.165) is 71.5 Å². The minimum absolute atomic E-state index is 0.0976. The highest BCUT2D eigenvalue weighted by atomic mass is 79.9. The molecule has 4 aromatic rings. The molecule has 3 heterocycles. The van der Waals surface area contributed by atoms with Crippen LogP contribution in [-0.2, 0) is 16.0 Å². The van der Waals surface area contributed by atoms with E-state index in [-0.39, 0.29) is 12.2 Å². The molecule has 1 spiro atoms. The molecule has 1 fully saturated rings. The number of fused-ring (bicyclic) bond motifs is 1. The van der Waals surface area contributed by atoms with Crippen molar-refractivity contribution in [3.8, 4) is 17.1 Å². The van der Waals surface area contributed by atoms with Crippen LogP contribution in [0.1, 0.15) is 37.7 Å². The van der Waals surface area contributed by atoms with Gasteiger partial charge in [0.2, 0.25) is 0 Å². The van der Waals surface area contributed by atoms with Crippen LogP contribution in [0.25, 0.3) is 28.1 Å². The highest BCUT2D eigenvalue weighted by molar-refractivity contribution is 9.12. The van der Waals surface area contributed by atoms with Crippen molar-refractivity contribution in [2.75, 3.05) is 0 Å². The Hall–Kier alpha value is -3.85. The first kappa shape index (κ1) is 24.5. The summed E-state index contributed by atoms with van der Waals surface area (Å²) in [7, 11) is 0. The van der Waals surface area contributed by atoms with Crippen molar-refractivity contribution < 1.29 is 14.7 Å². The van der Waals surface area contributed by atoms with Crippen LogP contribution in [0.2, 0.25) is 0 Å². The monoisotopic (exact) mass is 571 g/mol. The van der Waals surface area contributed by atoms with Gasteiger partial charge in [-0.3, -0.25) is 19.3 Å². The zero-order chi connectivity index (χ0) is 26.3. The highest BCUT2D eigenvalue weighted by Gasteiger charge is 2.53. The lowest BCUT2D eigenvalue weighted by Crippen LogP contribution is -2.53. The number of aliphatic carboxylic acids is 1. The second kappa shape index (κ2) is 9.79. The summed E-state index contributed by atoms with van der Waals surface area (Å²) in [6.45, 7) is 0. The maximum Gasteiger partial charge on any atom is 0.326 e. The second-order valence-corrected chi connectivity index (χ2v) is 10.7. The number of nitrogens with zero attached hydrogens (tertiary/aromatic N) is 4. The fourth-order valence-corrected chi connectivity index (χ4v) is 6.57. The van der Waals surface area contributed by atoms with Gasteiger partial charge in [0.1, 0.15) is 17.4 Å². The summed E-state index contributed by atoms with van der Waals surface area (Å²) < 4.78 is 2.55. The molecule has 2 N–H and O–H groups in total. The van der Waals surface area contributed by atoms with Crippen molar-refractivity contribution in [2.24, 2.45) is 5.41 Å². The maximum atomic E-state index is 12.7. The summed E-state index contributed by atoms with van der Waals surface area (Å²) in [6, 6.07) is 12.7. The van der Waals surface area contributed by atoms with Crippen molar-refractivity contribution in [1.82, 2.24) is 24.8 Å². The Labute approximate surface area is 228 Å². The average Bonchev–Trinajstić information content (AvgIpc) is 3.35. The van der Waals surface area contributed by atoms with Crippen molar-refractivity contribution in [1.29, 1.82) is 0 Å². The van der Waals surface area contributed by atoms with E-state index in [4.69, 9.17) is 4.98 Å². The Morgan fingerprint density at radius 1 is 1.05 bits per heavy atom. The van der Waals surface area contributed by atoms with Gasteiger partial charge in [0.15, 0.2) is 5.78 Å². The molecule has 1 aromatic carbocycles. The van der Waals surface area contributed by atoms with E-state index in [0.29, 0.717) is 4.48 Å². The molecule has 0 aliphatic heterocycles. The predicted octanol–water partition coefficient (Wildman–Crippen LogP) is 5.21. The number of carboxylic acids is 1. The van der Waals surface area contributed by atoms with E-state index < -0.39 is 17.4 Å². The quantitative estimate of drug-likeness (QED) is 0.313. The number of allylic oxidation sites excluding steroid dienone is 2. The summed E-state index contributed by atoms with van der Waals surface area (Å²) in [5.41, 5.74) is 4.56. The third kappa shape index (κ3) is 4.11. The van der Waals surface area contributed by atoms with Gasteiger partial charge in [-0.15, -0.1) is 0 Å². The number of pyridine rings is 2. The SMILES string of the molecule is O=C(O)[C@H](Cc1ccc(-n2c(-c3cccnc3)nc3cnccc32)cc1)NC1=C(Br)C(=O)C12CCCCC2. The average molecular weight is 572 g/mol. The lowest BCUT2D eigenvalue weighted by Gasteiger charge is -2.46. The molecule has 1 saturated carbocycles. The Morgan fingerprint density at radius 3 is 2.53 bits per heavy atom. The van der Waals surface area contributed by atoms with Crippen molar-refractivity contribution in [3.63, 3.8) is 0 Å². The van der Waals surface area contributed by atoms with Gasteiger partial charge in [0, 0.05) is 42.0 Å². The molecule has 9 heteroatoms. The molecular formula is C29H26BrN5O3. The van der Waals surface area contributed by atoms with Crippen LogP contribution >= 0.6 is 15.9 Å². The van der Waals surface area contributed by atoms with Crippen LogP contribution in [0.15, 0.2) is 77.4 Å². The number of hydrogen-bond donors (Lipinski definition) is 2. The van der Waals surface area contributed by atoms with Crippen LogP contribution in [0, 0.1) is 5.41 Å². The summed E-state index contributed by atoms with van der Waals surface area (Å²) in [5, 5.41) is 13.2. The fourth-order valence-electron chi connectivity index (χ4n) is 5.69. The van der Waals surface area contributed by atoms with Crippen LogP contribution in [0.4, 0.5) is 0 Å². The summed E-state index contributed by atoms with van der Waals surface area (Å²) >= 11 is 3.40. The first-order valence-electron chi connectivity index (χ1n) is 12.7. The zero-order valence-corrected chi connectivity index (χ0v) is 22.2. The number of imidazole rings is 1. The fraction of sp³-hybridized carbons (Fsp3) is 0.276. The first-order valence-corrected chi connectivity index (χ1v) is 13.5. The number of halogens is 1. The van der Waals surface area contributed by atoms with Gasteiger partial charge >= 0.3 is 5.97 Å². The molecule has 0 bridgehead atoms. The molecule has 0 amide bonds. The maximum absolute atomic E-state index is 12.7. The number of benzene rings is 1. The lowest BCUT2D eigenvalue weighted by atomic mass is 9.62. The number of carbonyl (C=O) groups excluding carboxylic acids is 1. The van der Waals surface area contributed by atoms with Crippen LogP contribution in [0.5, 0.6) is 0 Å². The molecule has 0 unspecified atom stereocenters. The topological polar surface area (TPSA) is 110 Å². The van der Waals surface area contributed by atoms with Crippen LogP contribution in [-0.4, -0.2) is 42.4 Å². The molecule has 8 nitrogen and oxygen atoms in total.